The van der Waals surface area contributed by atoms with Gasteiger partial charge in [-0.15, -0.1) is 0 Å². The van der Waals surface area contributed by atoms with E-state index in [4.69, 9.17) is 9.26 Å². The number of aromatic nitrogens is 3. The second kappa shape index (κ2) is 9.58. The standard InChI is InChI=1S/C28H27F3N4O3/c1-17-24(25(33-38-17)18-6-3-2-4-7-18)27(36)34-13-11-20(12-14-34)35-22-10-9-19(28(29,30)31)16-21(22)32-26(35)23-8-5-15-37-23/h2-4,6-7,9-10,16,20,23H,5,8,11-15H2,1H3/t23-/m1/s1. The predicted octanol–water partition coefficient (Wildman–Crippen LogP) is 6.35. The fourth-order valence-corrected chi connectivity index (χ4v) is 5.59. The zero-order valence-electron chi connectivity index (χ0n) is 20.9. The lowest BCUT2D eigenvalue weighted by Crippen LogP contribution is -2.39. The second-order valence-corrected chi connectivity index (χ2v) is 9.89. The topological polar surface area (TPSA) is 73.4 Å². The minimum absolute atomic E-state index is 0.0165. The Kier molecular flexibility index (Phi) is 6.22. The van der Waals surface area contributed by atoms with Crippen molar-refractivity contribution >= 4 is 16.9 Å². The number of carbonyl (C=O) groups is 1. The van der Waals surface area contributed by atoms with Gasteiger partial charge in [0.1, 0.15) is 28.9 Å². The number of ether oxygens (including phenoxy) is 1. The molecular weight excluding hydrogens is 497 g/mol. The largest absolute Gasteiger partial charge is 0.416 e. The van der Waals surface area contributed by atoms with Crippen molar-refractivity contribution in [2.75, 3.05) is 19.7 Å². The number of rotatable bonds is 4. The Balaban J connectivity index is 1.27. The lowest BCUT2D eigenvalue weighted by atomic mass is 10.0. The van der Waals surface area contributed by atoms with Gasteiger partial charge in [-0.05, 0) is 50.8 Å². The number of imidazole rings is 1. The number of benzene rings is 2. The maximum Gasteiger partial charge on any atom is 0.416 e. The number of halogens is 3. The summed E-state index contributed by atoms with van der Waals surface area (Å²) < 4.78 is 53.4. The van der Waals surface area contributed by atoms with Crippen molar-refractivity contribution in [3.8, 4) is 11.3 Å². The van der Waals surface area contributed by atoms with Gasteiger partial charge in [0.2, 0.25) is 0 Å². The quantitative estimate of drug-likeness (QED) is 0.311. The fourth-order valence-electron chi connectivity index (χ4n) is 5.59. The van der Waals surface area contributed by atoms with Crippen LogP contribution >= 0.6 is 0 Å². The van der Waals surface area contributed by atoms with E-state index in [-0.39, 0.29) is 18.1 Å². The highest BCUT2D eigenvalue weighted by Crippen LogP contribution is 2.38. The molecule has 0 aliphatic carbocycles. The smallest absolute Gasteiger partial charge is 0.370 e. The van der Waals surface area contributed by atoms with Crippen molar-refractivity contribution in [3.63, 3.8) is 0 Å². The molecule has 2 aliphatic heterocycles. The predicted molar refractivity (Wildman–Crippen MR) is 134 cm³/mol. The molecule has 1 atom stereocenters. The number of fused-ring (bicyclic) bond motifs is 1. The molecule has 4 aromatic rings. The summed E-state index contributed by atoms with van der Waals surface area (Å²) in [5.74, 6) is 1.01. The molecule has 2 aromatic carbocycles. The SMILES string of the molecule is Cc1onc(-c2ccccc2)c1C(=O)N1CCC(n2c([C@H]3CCCO3)nc3cc(C(F)(F)F)ccc32)CC1. The highest BCUT2D eigenvalue weighted by Gasteiger charge is 2.35. The molecule has 38 heavy (non-hydrogen) atoms. The molecule has 198 valence electrons. The average Bonchev–Trinajstić information content (AvgIpc) is 3.66. The molecule has 0 unspecified atom stereocenters. The van der Waals surface area contributed by atoms with Crippen LogP contribution in [0.25, 0.3) is 22.3 Å². The number of piperidine rings is 1. The van der Waals surface area contributed by atoms with Gasteiger partial charge in [-0.3, -0.25) is 4.79 Å². The molecule has 2 fully saturated rings. The normalized spacial score (nSPS) is 18.9. The molecule has 4 heterocycles. The van der Waals surface area contributed by atoms with Crippen LogP contribution in [0.5, 0.6) is 0 Å². The van der Waals surface area contributed by atoms with Gasteiger partial charge in [-0.25, -0.2) is 4.98 Å². The first-order valence-electron chi connectivity index (χ1n) is 12.8. The van der Waals surface area contributed by atoms with Crippen molar-refractivity contribution < 1.29 is 27.2 Å². The van der Waals surface area contributed by atoms with E-state index in [1.807, 2.05) is 34.9 Å². The van der Waals surface area contributed by atoms with Gasteiger partial charge in [-0.1, -0.05) is 35.5 Å². The molecule has 10 heteroatoms. The lowest BCUT2D eigenvalue weighted by Gasteiger charge is -2.34. The molecule has 0 saturated carbocycles. The van der Waals surface area contributed by atoms with Gasteiger partial charge in [0.05, 0.1) is 16.6 Å². The van der Waals surface area contributed by atoms with Crippen LogP contribution in [0.15, 0.2) is 53.1 Å². The van der Waals surface area contributed by atoms with Gasteiger partial charge >= 0.3 is 6.18 Å². The van der Waals surface area contributed by atoms with E-state index in [0.717, 1.165) is 30.5 Å². The average molecular weight is 525 g/mol. The molecule has 0 radical (unpaired) electrons. The number of carbonyl (C=O) groups excluding carboxylic acids is 1. The van der Waals surface area contributed by atoms with E-state index < -0.39 is 11.7 Å². The summed E-state index contributed by atoms with van der Waals surface area (Å²) in [5, 5.41) is 4.14. The summed E-state index contributed by atoms with van der Waals surface area (Å²) in [5.41, 5.74) is 2.06. The van der Waals surface area contributed by atoms with E-state index in [1.165, 1.54) is 6.07 Å². The third-order valence-electron chi connectivity index (χ3n) is 7.50. The molecule has 0 bridgehead atoms. The number of hydrogen-bond donors (Lipinski definition) is 0. The Morgan fingerprint density at radius 3 is 2.50 bits per heavy atom. The molecule has 2 aromatic heterocycles. The number of nitrogens with zero attached hydrogens (tertiary/aromatic N) is 4. The van der Waals surface area contributed by atoms with Gasteiger partial charge in [0, 0.05) is 31.3 Å². The van der Waals surface area contributed by atoms with Crippen LogP contribution < -0.4 is 0 Å². The molecule has 1 amide bonds. The maximum absolute atomic E-state index is 13.6. The number of hydrogen-bond acceptors (Lipinski definition) is 5. The minimum atomic E-state index is -4.44. The lowest BCUT2D eigenvalue weighted by molar-refractivity contribution is -0.137. The molecule has 7 nitrogen and oxygen atoms in total. The van der Waals surface area contributed by atoms with E-state index in [1.54, 1.807) is 11.8 Å². The highest BCUT2D eigenvalue weighted by atomic mass is 19.4. The summed E-state index contributed by atoms with van der Waals surface area (Å²) >= 11 is 0. The van der Waals surface area contributed by atoms with Crippen LogP contribution in [0, 0.1) is 6.92 Å². The molecule has 2 aliphatic rings. The van der Waals surface area contributed by atoms with Crippen molar-refractivity contribution in [3.05, 3.63) is 71.2 Å². The first-order chi connectivity index (χ1) is 18.3. The Bertz CT molecular complexity index is 1460. The fraction of sp³-hybridized carbons (Fsp3) is 0.393. The zero-order chi connectivity index (χ0) is 26.4. The van der Waals surface area contributed by atoms with Crippen LogP contribution in [0.4, 0.5) is 13.2 Å². The minimum Gasteiger partial charge on any atom is -0.370 e. The molecular formula is C28H27F3N4O3. The van der Waals surface area contributed by atoms with Crippen molar-refractivity contribution in [2.45, 2.75) is 50.9 Å². The monoisotopic (exact) mass is 524 g/mol. The van der Waals surface area contributed by atoms with Crippen molar-refractivity contribution in [2.24, 2.45) is 0 Å². The number of aryl methyl sites for hydroxylation is 1. The molecule has 0 N–H and O–H groups in total. The van der Waals surface area contributed by atoms with Crippen LogP contribution in [-0.4, -0.2) is 45.2 Å². The maximum atomic E-state index is 13.6. The number of amides is 1. The number of alkyl halides is 3. The third-order valence-corrected chi connectivity index (χ3v) is 7.50. The zero-order valence-corrected chi connectivity index (χ0v) is 20.9. The molecule has 2 saturated heterocycles. The highest BCUT2D eigenvalue weighted by molar-refractivity contribution is 6.00. The summed E-state index contributed by atoms with van der Waals surface area (Å²) in [4.78, 5) is 20.0. The van der Waals surface area contributed by atoms with Crippen molar-refractivity contribution in [1.82, 2.24) is 19.6 Å². The molecule has 0 spiro atoms. The van der Waals surface area contributed by atoms with E-state index in [0.29, 0.717) is 66.4 Å². The van der Waals surface area contributed by atoms with Crippen molar-refractivity contribution in [1.29, 1.82) is 0 Å². The Morgan fingerprint density at radius 1 is 1.05 bits per heavy atom. The van der Waals surface area contributed by atoms with Gasteiger partial charge in [0.15, 0.2) is 0 Å². The summed E-state index contributed by atoms with van der Waals surface area (Å²) in [6.45, 7) is 3.33. The van der Waals surface area contributed by atoms with E-state index >= 15 is 0 Å². The Morgan fingerprint density at radius 2 is 1.82 bits per heavy atom. The van der Waals surface area contributed by atoms with Crippen LogP contribution in [0.3, 0.4) is 0 Å². The van der Waals surface area contributed by atoms with Crippen LogP contribution in [0.2, 0.25) is 0 Å². The van der Waals surface area contributed by atoms with Crippen LogP contribution in [0.1, 0.15) is 65.3 Å². The van der Waals surface area contributed by atoms with E-state index in [9.17, 15) is 18.0 Å². The summed E-state index contributed by atoms with van der Waals surface area (Å²) in [7, 11) is 0. The number of likely N-dealkylation sites (tertiary alicyclic amines) is 1. The van der Waals surface area contributed by atoms with Gasteiger partial charge in [0.25, 0.3) is 5.91 Å². The summed E-state index contributed by atoms with van der Waals surface area (Å²) in [6.07, 6.45) is -1.74. The summed E-state index contributed by atoms with van der Waals surface area (Å²) in [6, 6.07) is 13.2. The Hall–Kier alpha value is -3.66. The third kappa shape index (κ3) is 4.36. The first-order valence-corrected chi connectivity index (χ1v) is 12.8. The second-order valence-electron chi connectivity index (χ2n) is 9.89. The molecule has 6 rings (SSSR count). The van der Waals surface area contributed by atoms with Gasteiger partial charge < -0.3 is 18.7 Å². The van der Waals surface area contributed by atoms with Crippen LogP contribution in [-0.2, 0) is 10.9 Å². The van der Waals surface area contributed by atoms with Gasteiger partial charge in [-0.2, -0.15) is 13.2 Å². The van der Waals surface area contributed by atoms with E-state index in [2.05, 4.69) is 10.1 Å². The first kappa shape index (κ1) is 24.7. The Labute approximate surface area is 217 Å².